The quantitative estimate of drug-likeness (QED) is 0.380. The van der Waals surface area contributed by atoms with Crippen LogP contribution in [-0.4, -0.2) is 22.9 Å². The van der Waals surface area contributed by atoms with Crippen molar-refractivity contribution < 1.29 is 19.2 Å². The van der Waals surface area contributed by atoms with E-state index >= 15 is 0 Å². The number of nitro benzene ring substituents is 1. The molecule has 7 nitrogen and oxygen atoms in total. The molecule has 0 radical (unpaired) electrons. The van der Waals surface area contributed by atoms with Crippen molar-refractivity contribution in [3.05, 3.63) is 68.6 Å². The molecule has 0 spiro atoms. The summed E-state index contributed by atoms with van der Waals surface area (Å²) in [5, 5.41) is 14.3. The fourth-order valence-corrected chi connectivity index (χ4v) is 4.34. The van der Waals surface area contributed by atoms with Crippen LogP contribution in [-0.2, 0) is 22.4 Å². The molecule has 0 unspecified atom stereocenters. The molecule has 0 fully saturated rings. The number of carbonyl (C=O) groups is 2. The van der Waals surface area contributed by atoms with Crippen molar-refractivity contribution in [2.75, 3.05) is 5.32 Å². The van der Waals surface area contributed by atoms with E-state index in [0.29, 0.717) is 11.1 Å². The highest BCUT2D eigenvalue weighted by molar-refractivity contribution is 7.20. The number of hydrogen-bond acceptors (Lipinski definition) is 6. The average molecular weight is 410 g/mol. The first-order chi connectivity index (χ1) is 13.9. The number of rotatable bonds is 5. The van der Waals surface area contributed by atoms with Gasteiger partial charge < -0.3 is 10.1 Å². The van der Waals surface area contributed by atoms with Crippen LogP contribution in [0.1, 0.15) is 34.1 Å². The number of non-ortho nitro benzene ring substituents is 1. The molecule has 1 aliphatic rings. The summed E-state index contributed by atoms with van der Waals surface area (Å²) in [6, 6.07) is 11.8. The van der Waals surface area contributed by atoms with Crippen molar-refractivity contribution in [3.8, 4) is 0 Å². The summed E-state index contributed by atoms with van der Waals surface area (Å²) in [5.74, 6) is -1.04. The third-order valence-electron chi connectivity index (χ3n) is 4.93. The highest BCUT2D eigenvalue weighted by Gasteiger charge is 2.22. The van der Waals surface area contributed by atoms with Crippen molar-refractivity contribution in [1.82, 2.24) is 0 Å². The summed E-state index contributed by atoms with van der Waals surface area (Å²) in [6.07, 6.45) is 2.22. The minimum atomic E-state index is -0.977. The molecule has 0 saturated carbocycles. The topological polar surface area (TPSA) is 98.5 Å². The number of carbonyl (C=O) groups excluding carboxylic acids is 2. The van der Waals surface area contributed by atoms with E-state index in [1.54, 1.807) is 12.1 Å². The van der Waals surface area contributed by atoms with Gasteiger partial charge in [-0.25, -0.2) is 4.79 Å². The minimum absolute atomic E-state index is 0.0442. The normalized spacial score (nSPS) is 13.7. The van der Waals surface area contributed by atoms with Crippen molar-refractivity contribution >= 4 is 44.7 Å². The largest absolute Gasteiger partial charge is 0.448 e. The second-order valence-electron chi connectivity index (χ2n) is 6.96. The van der Waals surface area contributed by atoms with E-state index in [-0.39, 0.29) is 10.6 Å². The Morgan fingerprint density at radius 1 is 1.14 bits per heavy atom. The number of amides is 1. The molecule has 1 atom stereocenters. The van der Waals surface area contributed by atoms with Gasteiger partial charge >= 0.3 is 5.97 Å². The first kappa shape index (κ1) is 19.1. The number of anilines is 1. The second kappa shape index (κ2) is 7.63. The number of hydrogen-bond donors (Lipinski definition) is 1. The fraction of sp³-hybridized carbons (Fsp3) is 0.238. The summed E-state index contributed by atoms with van der Waals surface area (Å²) >= 11 is 1.17. The van der Waals surface area contributed by atoms with Crippen LogP contribution in [0.15, 0.2) is 42.5 Å². The summed E-state index contributed by atoms with van der Waals surface area (Å²) in [5.41, 5.74) is 3.20. The molecule has 1 aromatic heterocycles. The van der Waals surface area contributed by atoms with Gasteiger partial charge in [0.2, 0.25) is 0 Å². The van der Waals surface area contributed by atoms with Crippen molar-refractivity contribution in [2.24, 2.45) is 0 Å². The lowest BCUT2D eigenvalue weighted by Crippen LogP contribution is -2.29. The van der Waals surface area contributed by atoms with Gasteiger partial charge in [-0.1, -0.05) is 6.07 Å². The Hall–Kier alpha value is -3.26. The van der Waals surface area contributed by atoms with Crippen LogP contribution in [0.3, 0.4) is 0 Å². The molecule has 1 amide bonds. The van der Waals surface area contributed by atoms with Crippen LogP contribution in [0.4, 0.5) is 11.4 Å². The molecule has 0 bridgehead atoms. The predicted molar refractivity (Wildman–Crippen MR) is 110 cm³/mol. The van der Waals surface area contributed by atoms with E-state index in [1.165, 1.54) is 41.5 Å². The van der Waals surface area contributed by atoms with Gasteiger partial charge in [-0.3, -0.25) is 14.9 Å². The van der Waals surface area contributed by atoms with Gasteiger partial charge in [-0.15, -0.1) is 11.3 Å². The first-order valence-corrected chi connectivity index (χ1v) is 10.0. The van der Waals surface area contributed by atoms with Gasteiger partial charge in [0, 0.05) is 27.9 Å². The molecule has 0 aliphatic heterocycles. The Morgan fingerprint density at radius 2 is 1.93 bits per heavy atom. The third-order valence-corrected chi connectivity index (χ3v) is 6.03. The number of fused-ring (bicyclic) bond motifs is 2. The molecule has 0 saturated heterocycles. The maximum absolute atomic E-state index is 12.4. The highest BCUT2D eigenvalue weighted by Crippen LogP contribution is 2.30. The molecular weight excluding hydrogens is 392 g/mol. The summed E-state index contributed by atoms with van der Waals surface area (Å²) < 4.78 is 6.03. The number of thiophene rings is 1. The number of nitrogens with one attached hydrogen (secondary N) is 1. The molecular formula is C21H18N2O5S. The van der Waals surface area contributed by atoms with E-state index in [4.69, 9.17) is 4.74 Å². The summed E-state index contributed by atoms with van der Waals surface area (Å²) in [4.78, 5) is 35.5. The van der Waals surface area contributed by atoms with Gasteiger partial charge in [-0.2, -0.15) is 0 Å². The van der Waals surface area contributed by atoms with E-state index in [0.717, 1.165) is 24.0 Å². The van der Waals surface area contributed by atoms with Gasteiger partial charge in [0.25, 0.3) is 11.6 Å². The molecule has 4 rings (SSSR count). The van der Waals surface area contributed by atoms with Crippen LogP contribution in [0.5, 0.6) is 0 Å². The van der Waals surface area contributed by atoms with Gasteiger partial charge in [0.15, 0.2) is 6.10 Å². The van der Waals surface area contributed by atoms with Gasteiger partial charge in [-0.05, 0) is 61.6 Å². The average Bonchev–Trinajstić information content (AvgIpc) is 3.33. The third kappa shape index (κ3) is 3.97. The van der Waals surface area contributed by atoms with Crippen molar-refractivity contribution in [2.45, 2.75) is 32.3 Å². The molecule has 2 aromatic carbocycles. The number of esters is 1. The van der Waals surface area contributed by atoms with Crippen LogP contribution >= 0.6 is 11.3 Å². The zero-order valence-electron chi connectivity index (χ0n) is 15.6. The van der Waals surface area contributed by atoms with Gasteiger partial charge in [0.1, 0.15) is 4.88 Å². The molecule has 29 heavy (non-hydrogen) atoms. The predicted octanol–water partition coefficient (Wildman–Crippen LogP) is 4.48. The zero-order chi connectivity index (χ0) is 20.5. The minimum Gasteiger partial charge on any atom is -0.448 e. The molecule has 1 heterocycles. The number of benzene rings is 2. The van der Waals surface area contributed by atoms with Crippen LogP contribution in [0.25, 0.3) is 10.1 Å². The van der Waals surface area contributed by atoms with E-state index < -0.39 is 22.9 Å². The number of nitrogens with zero attached hydrogens (tertiary/aromatic N) is 1. The summed E-state index contributed by atoms with van der Waals surface area (Å²) in [7, 11) is 0. The standard InChI is InChI=1S/C21H18N2O5S/c1-12(20(24)22-16-6-5-13-3-2-4-14(13)9-16)28-21(25)19-11-15-10-17(23(26)27)7-8-18(15)29-19/h5-12H,2-4H2,1H3,(H,22,24)/t12-/m1/s1. The fourth-order valence-electron chi connectivity index (χ4n) is 3.41. The first-order valence-electron chi connectivity index (χ1n) is 9.22. The molecule has 3 aromatic rings. The van der Waals surface area contributed by atoms with Crippen molar-refractivity contribution in [1.29, 1.82) is 0 Å². The van der Waals surface area contributed by atoms with E-state index in [1.807, 2.05) is 18.2 Å². The number of nitro groups is 1. The Bertz CT molecular complexity index is 1140. The Morgan fingerprint density at radius 3 is 2.72 bits per heavy atom. The summed E-state index contributed by atoms with van der Waals surface area (Å²) in [6.45, 7) is 1.51. The van der Waals surface area contributed by atoms with Gasteiger partial charge in [0.05, 0.1) is 4.92 Å². The van der Waals surface area contributed by atoms with E-state index in [2.05, 4.69) is 5.32 Å². The lowest BCUT2D eigenvalue weighted by atomic mass is 10.1. The number of aryl methyl sites for hydroxylation is 2. The highest BCUT2D eigenvalue weighted by atomic mass is 32.1. The molecule has 1 N–H and O–H groups in total. The molecule has 1 aliphatic carbocycles. The zero-order valence-corrected chi connectivity index (χ0v) is 16.5. The molecule has 148 valence electrons. The number of ether oxygens (including phenoxy) is 1. The Kier molecular flexibility index (Phi) is 5.02. The Balaban J connectivity index is 1.42. The smallest absolute Gasteiger partial charge is 0.349 e. The maximum atomic E-state index is 12.4. The molecule has 8 heteroatoms. The van der Waals surface area contributed by atoms with Crippen molar-refractivity contribution in [3.63, 3.8) is 0 Å². The lowest BCUT2D eigenvalue weighted by Gasteiger charge is -2.13. The monoisotopic (exact) mass is 410 g/mol. The lowest BCUT2D eigenvalue weighted by molar-refractivity contribution is -0.384. The van der Waals surface area contributed by atoms with Crippen LogP contribution in [0.2, 0.25) is 0 Å². The van der Waals surface area contributed by atoms with Crippen LogP contribution in [0, 0.1) is 10.1 Å². The van der Waals surface area contributed by atoms with E-state index in [9.17, 15) is 19.7 Å². The van der Waals surface area contributed by atoms with Crippen LogP contribution < -0.4 is 5.32 Å². The Labute approximate surface area is 170 Å². The maximum Gasteiger partial charge on any atom is 0.349 e. The second-order valence-corrected chi connectivity index (χ2v) is 8.05. The SMILES string of the molecule is C[C@@H](OC(=O)c1cc2cc([N+](=O)[O-])ccc2s1)C(=O)Nc1ccc2c(c1)CCC2.